The van der Waals surface area contributed by atoms with Crippen LogP contribution in [0.1, 0.15) is 0 Å². The van der Waals surface area contributed by atoms with Gasteiger partial charge in [-0.2, -0.15) is 9.36 Å². The van der Waals surface area contributed by atoms with Crippen LogP contribution in [0, 0.1) is 0 Å². The van der Waals surface area contributed by atoms with E-state index in [1.54, 1.807) is 0 Å². The minimum absolute atomic E-state index is 0.0178. The highest BCUT2D eigenvalue weighted by atomic mass is 32.2. The zero-order valence-corrected chi connectivity index (χ0v) is 18.4. The van der Waals surface area contributed by atoms with Crippen molar-refractivity contribution in [2.75, 3.05) is 7.11 Å². The molecule has 0 aliphatic heterocycles. The number of azo groups is 2. The summed E-state index contributed by atoms with van der Waals surface area (Å²) < 4.78 is 36.1. The summed E-state index contributed by atoms with van der Waals surface area (Å²) in [7, 11) is -2.51. The Bertz CT molecular complexity index is 1480. The van der Waals surface area contributed by atoms with Crippen LogP contribution in [-0.2, 0) is 10.0 Å². The second kappa shape index (κ2) is 8.50. The number of aromatic hydroxyl groups is 2. The van der Waals surface area contributed by atoms with Gasteiger partial charge in [-0.05, 0) is 41.9 Å². The summed E-state index contributed by atoms with van der Waals surface area (Å²) in [5, 5.41) is 42.2. The number of phenolic OH excluding ortho intramolecular Hbond substituents is 2. The van der Waals surface area contributed by atoms with E-state index in [9.17, 15) is 18.6 Å². The Balaban J connectivity index is 1.67. The standard InChI is InChI=1S/C16H12N8O5S3/c1-29-15-18-16(31-24-15)22-20-12-11(25)5-4-10(13(12)26)19-21-14-8-6-7(32(17,27)28)2-3-9(8)23-30-14/h2-6,25-26H,1H3,(H2,17,27,28)/b21-19+,22-20+. The van der Waals surface area contributed by atoms with Gasteiger partial charge in [-0.25, -0.2) is 13.6 Å². The predicted molar refractivity (Wildman–Crippen MR) is 116 cm³/mol. The van der Waals surface area contributed by atoms with Crippen LogP contribution >= 0.6 is 23.1 Å². The van der Waals surface area contributed by atoms with Crippen molar-refractivity contribution >= 4 is 65.5 Å². The maximum atomic E-state index is 11.6. The molecule has 0 bridgehead atoms. The molecule has 32 heavy (non-hydrogen) atoms. The molecule has 0 saturated heterocycles. The molecule has 0 aliphatic carbocycles. The van der Waals surface area contributed by atoms with Crippen LogP contribution in [0.15, 0.2) is 55.7 Å². The number of ether oxygens (including phenoxy) is 1. The monoisotopic (exact) mass is 492 g/mol. The van der Waals surface area contributed by atoms with Crippen molar-refractivity contribution in [3.05, 3.63) is 30.3 Å². The number of rotatable bonds is 6. The zero-order chi connectivity index (χ0) is 22.9. The van der Waals surface area contributed by atoms with Gasteiger partial charge in [-0.15, -0.1) is 24.8 Å². The van der Waals surface area contributed by atoms with E-state index in [0.717, 1.165) is 23.1 Å². The summed E-state index contributed by atoms with van der Waals surface area (Å²) in [4.78, 5) is 3.82. The molecule has 0 saturated carbocycles. The minimum atomic E-state index is -3.91. The summed E-state index contributed by atoms with van der Waals surface area (Å²) in [5.74, 6) is -0.823. The molecule has 4 aromatic rings. The van der Waals surface area contributed by atoms with Gasteiger partial charge in [-0.3, -0.25) is 0 Å². The number of hydrogen-bond donors (Lipinski definition) is 3. The van der Waals surface area contributed by atoms with Gasteiger partial charge in [0.15, 0.2) is 16.4 Å². The molecule has 16 heteroatoms. The van der Waals surface area contributed by atoms with Gasteiger partial charge in [0.05, 0.1) is 17.5 Å². The average molecular weight is 493 g/mol. The smallest absolute Gasteiger partial charge is 0.330 e. The summed E-state index contributed by atoms with van der Waals surface area (Å²) >= 11 is 1.89. The normalized spacial score (nSPS) is 12.3. The number of fused-ring (bicyclic) bond motifs is 1. The minimum Gasteiger partial charge on any atom is -0.505 e. The van der Waals surface area contributed by atoms with Gasteiger partial charge in [0.2, 0.25) is 10.0 Å². The lowest BCUT2D eigenvalue weighted by atomic mass is 10.2. The van der Waals surface area contributed by atoms with Crippen LogP contribution in [0.3, 0.4) is 0 Å². The molecule has 0 amide bonds. The SMILES string of the molecule is COc1nsc(/N=N/c2c(O)ccc(/N=N/c3snc4ccc(S(N)(=O)=O)cc34)c2O)n1. The summed E-state index contributed by atoms with van der Waals surface area (Å²) in [6.45, 7) is 0. The fourth-order valence-corrected chi connectivity index (χ4v) is 4.11. The molecule has 2 aromatic heterocycles. The Morgan fingerprint density at radius 1 is 1.03 bits per heavy atom. The number of aromatic nitrogens is 3. The van der Waals surface area contributed by atoms with E-state index >= 15 is 0 Å². The quantitative estimate of drug-likeness (QED) is 0.335. The Morgan fingerprint density at radius 3 is 2.56 bits per heavy atom. The lowest BCUT2D eigenvalue weighted by Crippen LogP contribution is -2.11. The van der Waals surface area contributed by atoms with Crippen molar-refractivity contribution in [2.45, 2.75) is 4.90 Å². The van der Waals surface area contributed by atoms with Crippen LogP contribution < -0.4 is 9.88 Å². The second-order valence-electron chi connectivity index (χ2n) is 5.98. The van der Waals surface area contributed by atoms with E-state index < -0.39 is 15.8 Å². The highest BCUT2D eigenvalue weighted by Gasteiger charge is 2.15. The Kier molecular flexibility index (Phi) is 5.74. The van der Waals surface area contributed by atoms with Gasteiger partial charge in [0.25, 0.3) is 5.13 Å². The summed E-state index contributed by atoms with van der Waals surface area (Å²) in [6, 6.07) is 6.88. The first kappa shape index (κ1) is 21.6. The van der Waals surface area contributed by atoms with Gasteiger partial charge in [0.1, 0.15) is 11.4 Å². The van der Waals surface area contributed by atoms with Crippen molar-refractivity contribution in [3.63, 3.8) is 0 Å². The van der Waals surface area contributed by atoms with Crippen LogP contribution in [0.25, 0.3) is 10.9 Å². The van der Waals surface area contributed by atoms with Crippen molar-refractivity contribution in [1.82, 2.24) is 13.7 Å². The number of phenols is 2. The molecule has 2 aromatic carbocycles. The number of primary sulfonamides is 1. The third-order valence-corrected chi connectivity index (χ3v) is 6.19. The Morgan fingerprint density at radius 2 is 1.84 bits per heavy atom. The van der Waals surface area contributed by atoms with Crippen LogP contribution in [-0.4, -0.2) is 39.5 Å². The number of benzene rings is 2. The molecule has 0 fully saturated rings. The van der Waals surface area contributed by atoms with Crippen LogP contribution in [0.4, 0.5) is 21.5 Å². The largest absolute Gasteiger partial charge is 0.505 e. The van der Waals surface area contributed by atoms with Crippen molar-refractivity contribution in [2.24, 2.45) is 25.6 Å². The van der Waals surface area contributed by atoms with Gasteiger partial charge < -0.3 is 14.9 Å². The molecule has 4 N–H and O–H groups in total. The highest BCUT2D eigenvalue weighted by molar-refractivity contribution is 7.89. The Labute approximate surface area is 188 Å². The average Bonchev–Trinajstić information content (AvgIpc) is 3.39. The molecule has 0 aliphatic rings. The van der Waals surface area contributed by atoms with Crippen molar-refractivity contribution in [1.29, 1.82) is 0 Å². The van der Waals surface area contributed by atoms with E-state index in [2.05, 4.69) is 34.2 Å². The molecule has 2 heterocycles. The van der Waals surface area contributed by atoms with Crippen molar-refractivity contribution < 1.29 is 23.4 Å². The molecule has 164 valence electrons. The van der Waals surface area contributed by atoms with E-state index in [1.165, 1.54) is 37.4 Å². The topological polar surface area (TPSA) is 198 Å². The maximum Gasteiger partial charge on any atom is 0.330 e. The molecule has 13 nitrogen and oxygen atoms in total. The van der Waals surface area contributed by atoms with Crippen LogP contribution in [0.2, 0.25) is 0 Å². The molecule has 0 radical (unpaired) electrons. The lowest BCUT2D eigenvalue weighted by Gasteiger charge is -2.03. The van der Waals surface area contributed by atoms with E-state index in [-0.39, 0.29) is 33.2 Å². The maximum absolute atomic E-state index is 11.6. The number of sulfonamides is 1. The van der Waals surface area contributed by atoms with Gasteiger partial charge >= 0.3 is 6.01 Å². The summed E-state index contributed by atoms with van der Waals surface area (Å²) in [5.41, 5.74) is 0.241. The predicted octanol–water partition coefficient (Wildman–Crippen LogP) is 4.05. The first-order valence-corrected chi connectivity index (χ1v) is 11.5. The van der Waals surface area contributed by atoms with Crippen molar-refractivity contribution in [3.8, 4) is 17.5 Å². The molecular weight excluding hydrogens is 480 g/mol. The summed E-state index contributed by atoms with van der Waals surface area (Å²) in [6.07, 6.45) is 0. The number of nitrogens with zero attached hydrogens (tertiary/aromatic N) is 7. The molecule has 0 unspecified atom stereocenters. The lowest BCUT2D eigenvalue weighted by molar-refractivity contribution is 0.386. The third kappa shape index (κ3) is 4.37. The van der Waals surface area contributed by atoms with Gasteiger partial charge in [-0.1, -0.05) is 0 Å². The van der Waals surface area contributed by atoms with E-state index in [0.29, 0.717) is 15.9 Å². The number of hydrogen-bond acceptors (Lipinski definition) is 14. The van der Waals surface area contributed by atoms with E-state index in [4.69, 9.17) is 9.88 Å². The van der Waals surface area contributed by atoms with Crippen LogP contribution in [0.5, 0.6) is 17.5 Å². The van der Waals surface area contributed by atoms with Gasteiger partial charge in [0, 0.05) is 16.9 Å². The number of nitrogens with two attached hydrogens (primary N) is 1. The molecule has 4 rings (SSSR count). The third-order valence-electron chi connectivity index (χ3n) is 3.93. The first-order chi connectivity index (χ1) is 15.3. The second-order valence-corrected chi connectivity index (χ2v) is 9.02. The fourth-order valence-electron chi connectivity index (χ4n) is 2.41. The molecule has 0 atom stereocenters. The molecule has 0 spiro atoms. The highest BCUT2D eigenvalue weighted by Crippen LogP contribution is 2.44. The molecular formula is C16H12N8O5S3. The van der Waals surface area contributed by atoms with E-state index in [1.807, 2.05) is 0 Å². The fraction of sp³-hybridized carbons (Fsp3) is 0.0625. The number of methoxy groups -OCH3 is 1. The first-order valence-electron chi connectivity index (χ1n) is 8.44. The zero-order valence-electron chi connectivity index (χ0n) is 15.9. The Hall–Kier alpha value is -3.60.